The third kappa shape index (κ3) is 15.6. The van der Waals surface area contributed by atoms with Crippen LogP contribution in [0.25, 0.3) is 5.73 Å². The third-order valence-corrected chi connectivity index (χ3v) is 5.38. The molecular weight excluding hydrogens is 501 g/mol. The fourth-order valence-corrected chi connectivity index (χ4v) is 3.47. The molecule has 2 N–H and O–H groups in total. The van der Waals surface area contributed by atoms with E-state index < -0.39 is 12.2 Å². The first-order valence-corrected chi connectivity index (χ1v) is 11.1. The van der Waals surface area contributed by atoms with Crippen LogP contribution in [-0.4, -0.2) is 44.0 Å². The van der Waals surface area contributed by atoms with E-state index in [9.17, 15) is 9.59 Å². The second-order valence-electron chi connectivity index (χ2n) is 5.39. The first-order chi connectivity index (χ1) is 14.0. The fraction of sp³-hybridized carbons (Fsp3) is 0.300. The van der Waals surface area contributed by atoms with E-state index in [1.807, 2.05) is 19.1 Å². The largest absolute Gasteiger partial charge is 0.632 e. The van der Waals surface area contributed by atoms with Crippen LogP contribution in [0.4, 0.5) is 15.3 Å². The van der Waals surface area contributed by atoms with Gasteiger partial charge in [0.05, 0.1) is 13.2 Å². The Morgan fingerprint density at radius 1 is 1.03 bits per heavy atom. The summed E-state index contributed by atoms with van der Waals surface area (Å²) in [7, 11) is 4.94. The first kappa shape index (κ1) is 28.7. The molecule has 2 rings (SSSR count). The Morgan fingerprint density at radius 3 is 2.20 bits per heavy atom. The van der Waals surface area contributed by atoms with Gasteiger partial charge < -0.3 is 25.3 Å². The smallest absolute Gasteiger partial charge is 0.415 e. The molecule has 7 nitrogen and oxygen atoms in total. The Bertz CT molecular complexity index is 721. The van der Waals surface area contributed by atoms with Gasteiger partial charge in [-0.25, -0.2) is 4.79 Å². The number of hydrogen-bond acceptors (Lipinski definition) is 7. The molecule has 2 aromatic carbocycles. The number of carbonyl (C=O) groups excluding carboxylic acids is 2. The number of rotatable bonds is 9. The molecular formula is C20H24N2O5S2Y-2. The SMILES string of the molecule is COCCSSCCOC([NH-])=O.Cc1ccc(OC(=O)Nc2cc[c-]cc2)cc1.[Y]. The van der Waals surface area contributed by atoms with Crippen LogP contribution in [0, 0.1) is 13.0 Å². The second-order valence-corrected chi connectivity index (χ2v) is 8.09. The number of anilines is 1. The Hall–Kier alpha value is -1.26. The number of hydrogen-bond donors (Lipinski definition) is 1. The summed E-state index contributed by atoms with van der Waals surface area (Å²) < 4.78 is 14.4. The number of benzene rings is 2. The van der Waals surface area contributed by atoms with Gasteiger partial charge in [-0.2, -0.15) is 18.2 Å². The molecule has 0 unspecified atom stereocenters. The van der Waals surface area contributed by atoms with Crippen molar-refractivity contribution < 1.29 is 56.5 Å². The molecule has 0 aliphatic rings. The van der Waals surface area contributed by atoms with Gasteiger partial charge in [0.25, 0.3) is 0 Å². The summed E-state index contributed by atoms with van der Waals surface area (Å²) in [5.41, 5.74) is 8.23. The van der Waals surface area contributed by atoms with Crippen molar-refractivity contribution in [1.29, 1.82) is 0 Å². The van der Waals surface area contributed by atoms with Gasteiger partial charge in [0, 0.05) is 51.3 Å². The van der Waals surface area contributed by atoms with E-state index in [1.54, 1.807) is 65.1 Å². The number of amides is 2. The van der Waals surface area contributed by atoms with Gasteiger partial charge in [-0.05, 0) is 19.1 Å². The minimum Gasteiger partial charge on any atom is -0.632 e. The summed E-state index contributed by atoms with van der Waals surface area (Å²) in [4.78, 5) is 21.5. The maximum absolute atomic E-state index is 11.5. The summed E-state index contributed by atoms with van der Waals surface area (Å²) >= 11 is 0. The number of aryl methyl sites for hydroxylation is 1. The Morgan fingerprint density at radius 2 is 1.63 bits per heavy atom. The monoisotopic (exact) mass is 525 g/mol. The van der Waals surface area contributed by atoms with Gasteiger partial charge in [0.1, 0.15) is 5.75 Å². The Labute approximate surface area is 210 Å². The van der Waals surface area contributed by atoms with Gasteiger partial charge in [-0.1, -0.05) is 45.0 Å². The molecule has 0 spiro atoms. The van der Waals surface area contributed by atoms with E-state index in [4.69, 9.17) is 15.2 Å². The first-order valence-electron chi connectivity index (χ1n) is 8.64. The summed E-state index contributed by atoms with van der Waals surface area (Å²) in [5, 5.41) is 2.62. The van der Waals surface area contributed by atoms with E-state index in [2.05, 4.69) is 16.1 Å². The van der Waals surface area contributed by atoms with E-state index in [1.165, 1.54) is 0 Å². The molecule has 0 heterocycles. The van der Waals surface area contributed by atoms with Crippen LogP contribution in [0.1, 0.15) is 5.56 Å². The van der Waals surface area contributed by atoms with Crippen LogP contribution in [-0.2, 0) is 42.2 Å². The number of nitrogens with one attached hydrogen (secondary N) is 2. The molecule has 10 heteroatoms. The Kier molecular flexibility index (Phi) is 17.7. The molecule has 0 aliphatic carbocycles. The quantitative estimate of drug-likeness (QED) is 0.258. The van der Waals surface area contributed by atoms with Crippen molar-refractivity contribution in [2.75, 3.05) is 37.1 Å². The molecule has 0 saturated carbocycles. The molecule has 2 amide bonds. The molecule has 0 aliphatic heterocycles. The molecule has 30 heavy (non-hydrogen) atoms. The van der Waals surface area contributed by atoms with E-state index in [0.717, 1.165) is 23.7 Å². The van der Waals surface area contributed by atoms with Crippen LogP contribution in [0.2, 0.25) is 0 Å². The van der Waals surface area contributed by atoms with Crippen molar-refractivity contribution in [3.8, 4) is 5.75 Å². The standard InChI is InChI=1S/C14H12NO2.C6H13NO3S2.Y/c1-11-7-9-13(10-8-11)17-14(16)15-12-5-3-2-4-6-12;1-9-2-4-11-12-5-3-10-6(7)8;/h3-10H,1H3,(H,15,16);2-5H2,1H3,(H2,7,8);/q-1;;/p-1. The fourth-order valence-electron chi connectivity index (χ4n) is 1.73. The Balaban J connectivity index is 0.000000579. The molecule has 0 bridgehead atoms. The van der Waals surface area contributed by atoms with Crippen molar-refractivity contribution in [3.05, 3.63) is 65.9 Å². The number of methoxy groups -OCH3 is 1. The van der Waals surface area contributed by atoms with Gasteiger partial charge >= 0.3 is 6.09 Å². The van der Waals surface area contributed by atoms with Crippen molar-refractivity contribution in [2.24, 2.45) is 0 Å². The van der Waals surface area contributed by atoms with Gasteiger partial charge in [-0.3, -0.25) is 4.79 Å². The van der Waals surface area contributed by atoms with Crippen molar-refractivity contribution in [1.82, 2.24) is 0 Å². The van der Waals surface area contributed by atoms with Gasteiger partial charge in [-0.15, -0.1) is 12.1 Å². The second kappa shape index (κ2) is 18.5. The maximum Gasteiger partial charge on any atom is 0.415 e. The van der Waals surface area contributed by atoms with E-state index in [-0.39, 0.29) is 32.7 Å². The summed E-state index contributed by atoms with van der Waals surface area (Å²) in [5.74, 6) is 2.17. The molecule has 0 aromatic heterocycles. The number of ether oxygens (including phenoxy) is 3. The van der Waals surface area contributed by atoms with Crippen LogP contribution < -0.4 is 10.1 Å². The molecule has 0 saturated heterocycles. The van der Waals surface area contributed by atoms with Crippen LogP contribution in [0.5, 0.6) is 5.75 Å². The van der Waals surface area contributed by atoms with Crippen molar-refractivity contribution >= 4 is 39.5 Å². The topological polar surface area (TPSA) is 97.7 Å². The maximum atomic E-state index is 11.5. The average Bonchev–Trinajstić information content (AvgIpc) is 2.70. The average molecular weight is 525 g/mol. The number of carbonyl (C=O) groups is 2. The van der Waals surface area contributed by atoms with Crippen LogP contribution in [0.15, 0.2) is 48.5 Å². The minimum absolute atomic E-state index is 0. The van der Waals surface area contributed by atoms with Gasteiger partial charge in [0.2, 0.25) is 6.09 Å². The molecule has 161 valence electrons. The van der Waals surface area contributed by atoms with Crippen LogP contribution in [0.3, 0.4) is 0 Å². The van der Waals surface area contributed by atoms with Gasteiger partial charge in [0.15, 0.2) is 0 Å². The predicted octanol–water partition coefficient (Wildman–Crippen LogP) is 5.61. The molecule has 2 aromatic rings. The summed E-state index contributed by atoms with van der Waals surface area (Å²) in [6.07, 6.45) is -1.46. The zero-order valence-electron chi connectivity index (χ0n) is 16.9. The zero-order chi connectivity index (χ0) is 21.3. The van der Waals surface area contributed by atoms with Crippen molar-refractivity contribution in [3.63, 3.8) is 0 Å². The van der Waals surface area contributed by atoms with Crippen molar-refractivity contribution in [2.45, 2.75) is 6.92 Å². The van der Waals surface area contributed by atoms with E-state index >= 15 is 0 Å². The summed E-state index contributed by atoms with van der Waals surface area (Å²) in [6, 6.07) is 17.1. The predicted molar refractivity (Wildman–Crippen MR) is 119 cm³/mol. The molecule has 1 radical (unpaired) electrons. The third-order valence-electron chi connectivity index (χ3n) is 3.05. The molecule has 0 fully saturated rings. The normalized spacial score (nSPS) is 9.40. The zero-order valence-corrected chi connectivity index (χ0v) is 21.4. The summed E-state index contributed by atoms with van der Waals surface area (Å²) in [6.45, 7) is 3.02. The molecule has 0 atom stereocenters. The van der Waals surface area contributed by atoms with Crippen LogP contribution >= 0.6 is 21.6 Å². The van der Waals surface area contributed by atoms with E-state index in [0.29, 0.717) is 18.0 Å². The minimum atomic E-state index is -0.961.